The van der Waals surface area contributed by atoms with Crippen LogP contribution in [0.5, 0.6) is 0 Å². The smallest absolute Gasteiger partial charge is 0.110 e. The standard InChI is InChI=1S/C22H40B/c1-9-12-20(13-14-23-8)15-19(7)22(17(4)5)16-21(11-3)18(6)10-2/h1,13,17-19,21-22H,10-12,14-16H2,2-8H3/b20-13-. The molecule has 0 saturated carbocycles. The molecule has 1 heteroatoms. The molecule has 1 radical (unpaired) electrons. The highest BCUT2D eigenvalue weighted by molar-refractivity contribution is 6.34. The van der Waals surface area contributed by atoms with E-state index in [0.717, 1.165) is 42.8 Å². The van der Waals surface area contributed by atoms with Gasteiger partial charge in [0.05, 0.1) is 0 Å². The molecule has 0 nitrogen and oxygen atoms in total. The third-order valence-corrected chi connectivity index (χ3v) is 5.69. The normalized spacial score (nSPS) is 17.4. The molecule has 0 fully saturated rings. The Labute approximate surface area is 148 Å². The second-order valence-electron chi connectivity index (χ2n) is 7.77. The van der Waals surface area contributed by atoms with Crippen molar-refractivity contribution in [3.8, 4) is 12.3 Å². The number of allylic oxidation sites excluding steroid dienone is 2. The van der Waals surface area contributed by atoms with Crippen molar-refractivity contribution in [2.75, 3.05) is 0 Å². The Morgan fingerprint density at radius 2 is 1.74 bits per heavy atom. The Morgan fingerprint density at radius 3 is 2.17 bits per heavy atom. The number of terminal acetylenes is 1. The van der Waals surface area contributed by atoms with Crippen molar-refractivity contribution >= 4 is 7.28 Å². The minimum absolute atomic E-state index is 0.713. The summed E-state index contributed by atoms with van der Waals surface area (Å²) in [6.07, 6.45) is 14.9. The third kappa shape index (κ3) is 8.69. The molecule has 0 heterocycles. The number of hydrogen-bond donors (Lipinski definition) is 0. The van der Waals surface area contributed by atoms with Crippen LogP contribution in [0.4, 0.5) is 0 Å². The van der Waals surface area contributed by atoms with Crippen LogP contribution >= 0.6 is 0 Å². The lowest BCUT2D eigenvalue weighted by molar-refractivity contribution is 0.178. The van der Waals surface area contributed by atoms with Gasteiger partial charge in [-0.25, -0.2) is 0 Å². The summed E-state index contributed by atoms with van der Waals surface area (Å²) < 4.78 is 0. The summed E-state index contributed by atoms with van der Waals surface area (Å²) in [5.41, 5.74) is 1.46. The first-order valence-electron chi connectivity index (χ1n) is 9.80. The topological polar surface area (TPSA) is 0 Å². The molecule has 0 aromatic heterocycles. The molecule has 4 atom stereocenters. The average Bonchev–Trinajstić information content (AvgIpc) is 2.52. The van der Waals surface area contributed by atoms with E-state index in [2.05, 4.69) is 67.6 Å². The fourth-order valence-corrected chi connectivity index (χ4v) is 3.85. The van der Waals surface area contributed by atoms with Crippen LogP contribution in [0.2, 0.25) is 13.1 Å². The van der Waals surface area contributed by atoms with Crippen molar-refractivity contribution in [1.82, 2.24) is 0 Å². The van der Waals surface area contributed by atoms with E-state index in [0.29, 0.717) is 5.92 Å². The molecule has 4 unspecified atom stereocenters. The molecular formula is C22H40B. The average molecular weight is 315 g/mol. The van der Waals surface area contributed by atoms with Crippen LogP contribution < -0.4 is 0 Å². The Bertz CT molecular complexity index is 361. The summed E-state index contributed by atoms with van der Waals surface area (Å²) in [7, 11) is 2.21. The van der Waals surface area contributed by atoms with Gasteiger partial charge in [0.15, 0.2) is 0 Å². The van der Waals surface area contributed by atoms with Crippen molar-refractivity contribution in [2.24, 2.45) is 29.6 Å². The maximum absolute atomic E-state index is 5.57. The summed E-state index contributed by atoms with van der Waals surface area (Å²) in [4.78, 5) is 0. The van der Waals surface area contributed by atoms with Crippen LogP contribution in [-0.4, -0.2) is 7.28 Å². The second kappa shape index (κ2) is 12.7. The molecule has 131 valence electrons. The largest absolute Gasteiger partial charge is 0.120 e. The monoisotopic (exact) mass is 315 g/mol. The third-order valence-electron chi connectivity index (χ3n) is 5.69. The molecule has 0 aliphatic carbocycles. The predicted molar refractivity (Wildman–Crippen MR) is 108 cm³/mol. The summed E-state index contributed by atoms with van der Waals surface area (Å²) >= 11 is 0. The molecule has 0 bridgehead atoms. The van der Waals surface area contributed by atoms with E-state index in [-0.39, 0.29) is 0 Å². The van der Waals surface area contributed by atoms with Crippen molar-refractivity contribution < 1.29 is 0 Å². The van der Waals surface area contributed by atoms with E-state index in [1.165, 1.54) is 24.8 Å². The van der Waals surface area contributed by atoms with Crippen molar-refractivity contribution in [3.63, 3.8) is 0 Å². The van der Waals surface area contributed by atoms with E-state index in [1.54, 1.807) is 0 Å². The van der Waals surface area contributed by atoms with Gasteiger partial charge in [-0.2, -0.15) is 0 Å². The van der Waals surface area contributed by atoms with Gasteiger partial charge in [0.25, 0.3) is 0 Å². The van der Waals surface area contributed by atoms with Crippen LogP contribution in [0.15, 0.2) is 11.6 Å². The van der Waals surface area contributed by atoms with Gasteiger partial charge >= 0.3 is 0 Å². The molecule has 0 aliphatic heterocycles. The van der Waals surface area contributed by atoms with Crippen LogP contribution in [0, 0.1) is 41.9 Å². The summed E-state index contributed by atoms with van der Waals surface area (Å²) in [6, 6.07) is 0. The first-order valence-corrected chi connectivity index (χ1v) is 9.80. The van der Waals surface area contributed by atoms with Crippen molar-refractivity contribution in [2.45, 2.75) is 86.8 Å². The molecule has 0 amide bonds. The molecule has 0 aromatic rings. The van der Waals surface area contributed by atoms with E-state index < -0.39 is 0 Å². The molecule has 0 saturated heterocycles. The zero-order valence-corrected chi connectivity index (χ0v) is 16.9. The van der Waals surface area contributed by atoms with Gasteiger partial charge in [-0.3, -0.25) is 0 Å². The molecule has 23 heavy (non-hydrogen) atoms. The molecule has 0 N–H and O–H groups in total. The minimum atomic E-state index is 0.713. The first kappa shape index (κ1) is 22.4. The van der Waals surface area contributed by atoms with Gasteiger partial charge < -0.3 is 0 Å². The Hall–Kier alpha value is -0.635. The highest BCUT2D eigenvalue weighted by Gasteiger charge is 2.26. The van der Waals surface area contributed by atoms with Crippen LogP contribution in [0.25, 0.3) is 0 Å². The lowest BCUT2D eigenvalue weighted by atomic mass is 9.71. The summed E-state index contributed by atoms with van der Waals surface area (Å²) in [6.45, 7) is 16.5. The fourth-order valence-electron chi connectivity index (χ4n) is 3.85. The SMILES string of the molecule is C#CC/C(=C/C[B]C)CC(C)C(CC(CC)C(C)CC)C(C)C. The fraction of sp³-hybridized carbons (Fsp3) is 0.818. The van der Waals surface area contributed by atoms with Crippen LogP contribution in [-0.2, 0) is 0 Å². The van der Waals surface area contributed by atoms with E-state index >= 15 is 0 Å². The van der Waals surface area contributed by atoms with E-state index in [9.17, 15) is 0 Å². The quantitative estimate of drug-likeness (QED) is 0.209. The first-order chi connectivity index (χ1) is 10.9. The minimum Gasteiger partial charge on any atom is -0.120 e. The van der Waals surface area contributed by atoms with Crippen molar-refractivity contribution in [3.05, 3.63) is 11.6 Å². The zero-order chi connectivity index (χ0) is 17.8. The molecular weight excluding hydrogens is 275 g/mol. The maximum Gasteiger partial charge on any atom is 0.110 e. The number of hydrogen-bond acceptors (Lipinski definition) is 0. The Morgan fingerprint density at radius 1 is 1.09 bits per heavy atom. The van der Waals surface area contributed by atoms with Gasteiger partial charge in [0, 0.05) is 6.42 Å². The highest BCUT2D eigenvalue weighted by atomic mass is 14.3. The lowest BCUT2D eigenvalue weighted by Crippen LogP contribution is -2.24. The summed E-state index contributed by atoms with van der Waals surface area (Å²) in [5, 5.41) is 0. The van der Waals surface area contributed by atoms with Gasteiger partial charge in [-0.15, -0.1) is 12.3 Å². The molecule has 0 spiro atoms. The van der Waals surface area contributed by atoms with E-state index in [4.69, 9.17) is 6.42 Å². The zero-order valence-electron chi connectivity index (χ0n) is 16.9. The second-order valence-corrected chi connectivity index (χ2v) is 7.77. The Kier molecular flexibility index (Phi) is 12.4. The number of rotatable bonds is 12. The molecule has 0 rings (SSSR count). The van der Waals surface area contributed by atoms with E-state index in [1.807, 2.05) is 0 Å². The van der Waals surface area contributed by atoms with Gasteiger partial charge in [0.2, 0.25) is 0 Å². The maximum atomic E-state index is 5.57. The molecule has 0 aliphatic rings. The van der Waals surface area contributed by atoms with Crippen LogP contribution in [0.3, 0.4) is 0 Å². The molecule has 0 aromatic carbocycles. The van der Waals surface area contributed by atoms with Gasteiger partial charge in [-0.1, -0.05) is 79.2 Å². The lowest BCUT2D eigenvalue weighted by Gasteiger charge is -2.33. The van der Waals surface area contributed by atoms with Gasteiger partial charge in [-0.05, 0) is 42.4 Å². The Balaban J connectivity index is 4.96. The van der Waals surface area contributed by atoms with Crippen molar-refractivity contribution in [1.29, 1.82) is 0 Å². The highest BCUT2D eigenvalue weighted by Crippen LogP contribution is 2.36. The van der Waals surface area contributed by atoms with Gasteiger partial charge in [0.1, 0.15) is 7.28 Å². The summed E-state index contributed by atoms with van der Waals surface area (Å²) in [5.74, 6) is 6.79. The predicted octanol–water partition coefficient (Wildman–Crippen LogP) is 6.87. The van der Waals surface area contributed by atoms with Crippen LogP contribution in [0.1, 0.15) is 73.6 Å².